The topological polar surface area (TPSA) is 72.1 Å². The second-order valence-electron chi connectivity index (χ2n) is 6.64. The second kappa shape index (κ2) is 8.40. The van der Waals surface area contributed by atoms with E-state index in [2.05, 4.69) is 29.4 Å². The molecule has 2 aliphatic heterocycles. The fraction of sp³-hybridized carbons (Fsp3) is 0.611. The monoisotopic (exact) mass is 349 g/mol. The van der Waals surface area contributed by atoms with Crippen LogP contribution in [0.1, 0.15) is 19.4 Å². The van der Waals surface area contributed by atoms with Crippen LogP contribution in [0.3, 0.4) is 0 Å². The third-order valence-electron chi connectivity index (χ3n) is 4.35. The van der Waals surface area contributed by atoms with E-state index >= 15 is 0 Å². The van der Waals surface area contributed by atoms with Crippen molar-refractivity contribution < 1.29 is 19.0 Å². The van der Waals surface area contributed by atoms with E-state index in [0.29, 0.717) is 13.1 Å². The van der Waals surface area contributed by atoms with E-state index < -0.39 is 0 Å². The van der Waals surface area contributed by atoms with Gasteiger partial charge < -0.3 is 24.8 Å². The molecule has 2 aliphatic rings. The molecule has 0 aliphatic carbocycles. The first kappa shape index (κ1) is 17.8. The fourth-order valence-corrected chi connectivity index (χ4v) is 3.27. The molecule has 0 saturated carbocycles. The van der Waals surface area contributed by atoms with Crippen molar-refractivity contribution >= 4 is 6.03 Å². The number of hydrogen-bond donors (Lipinski definition) is 2. The van der Waals surface area contributed by atoms with Crippen molar-refractivity contribution in [3.05, 3.63) is 23.8 Å². The zero-order chi connectivity index (χ0) is 17.6. The maximum atomic E-state index is 11.9. The molecule has 2 N–H and O–H groups in total. The minimum absolute atomic E-state index is 0.130. The number of nitrogens with one attached hydrogen (secondary N) is 2. The van der Waals surface area contributed by atoms with Gasteiger partial charge in [0.1, 0.15) is 0 Å². The molecule has 2 amide bonds. The van der Waals surface area contributed by atoms with Crippen LogP contribution in [-0.2, 0) is 11.2 Å². The summed E-state index contributed by atoms with van der Waals surface area (Å²) in [5, 5.41) is 5.80. The normalized spacial score (nSPS) is 22.6. The Balaban J connectivity index is 1.30. The van der Waals surface area contributed by atoms with Gasteiger partial charge in [-0.25, -0.2) is 4.79 Å². The molecule has 0 radical (unpaired) electrons. The van der Waals surface area contributed by atoms with Gasteiger partial charge in [-0.05, 0) is 38.0 Å². The summed E-state index contributed by atoms with van der Waals surface area (Å²) in [4.78, 5) is 14.2. The Morgan fingerprint density at radius 1 is 1.12 bits per heavy atom. The van der Waals surface area contributed by atoms with Crippen molar-refractivity contribution in [2.75, 3.05) is 39.5 Å². The first-order valence-corrected chi connectivity index (χ1v) is 8.88. The number of rotatable bonds is 6. The van der Waals surface area contributed by atoms with E-state index in [1.807, 2.05) is 18.2 Å². The molecule has 2 unspecified atom stereocenters. The molecule has 25 heavy (non-hydrogen) atoms. The van der Waals surface area contributed by atoms with Gasteiger partial charge in [0.2, 0.25) is 6.79 Å². The van der Waals surface area contributed by atoms with Gasteiger partial charge in [0.25, 0.3) is 0 Å². The first-order valence-electron chi connectivity index (χ1n) is 8.88. The quantitative estimate of drug-likeness (QED) is 0.812. The average Bonchev–Trinajstić information content (AvgIpc) is 3.01. The summed E-state index contributed by atoms with van der Waals surface area (Å²) >= 11 is 0. The lowest BCUT2D eigenvalue weighted by atomic mass is 10.1. The van der Waals surface area contributed by atoms with E-state index in [-0.39, 0.29) is 25.0 Å². The number of amides is 2. The van der Waals surface area contributed by atoms with E-state index in [9.17, 15) is 4.79 Å². The molecular formula is C18H27N3O4. The highest BCUT2D eigenvalue weighted by Gasteiger charge is 2.21. The Kier molecular flexibility index (Phi) is 5.99. The van der Waals surface area contributed by atoms with Crippen LogP contribution >= 0.6 is 0 Å². The largest absolute Gasteiger partial charge is 0.454 e. The van der Waals surface area contributed by atoms with Crippen LogP contribution in [0.15, 0.2) is 18.2 Å². The number of hydrogen-bond acceptors (Lipinski definition) is 5. The van der Waals surface area contributed by atoms with Crippen LogP contribution in [0, 0.1) is 0 Å². The summed E-state index contributed by atoms with van der Waals surface area (Å²) in [5.41, 5.74) is 1.11. The molecule has 0 aromatic heterocycles. The van der Waals surface area contributed by atoms with Crippen LogP contribution < -0.4 is 20.1 Å². The first-order chi connectivity index (χ1) is 12.1. The van der Waals surface area contributed by atoms with Gasteiger partial charge in [0.15, 0.2) is 11.5 Å². The predicted molar refractivity (Wildman–Crippen MR) is 94.1 cm³/mol. The van der Waals surface area contributed by atoms with Crippen molar-refractivity contribution in [3.8, 4) is 11.5 Å². The molecule has 2 heterocycles. The molecule has 138 valence electrons. The van der Waals surface area contributed by atoms with Crippen molar-refractivity contribution in [3.63, 3.8) is 0 Å². The Morgan fingerprint density at radius 2 is 1.84 bits per heavy atom. The maximum Gasteiger partial charge on any atom is 0.314 e. The Morgan fingerprint density at radius 3 is 2.64 bits per heavy atom. The lowest BCUT2D eigenvalue weighted by Crippen LogP contribution is -2.48. The molecule has 0 spiro atoms. The summed E-state index contributed by atoms with van der Waals surface area (Å²) < 4.78 is 16.4. The number of urea groups is 1. The standard InChI is InChI=1S/C18H27N3O4/c1-13-10-21(11-14(2)25-13)8-7-20-18(22)19-6-5-15-3-4-16-17(9-15)24-12-23-16/h3-4,9,13-14H,5-8,10-12H2,1-2H3,(H2,19,20,22). The number of ether oxygens (including phenoxy) is 3. The second-order valence-corrected chi connectivity index (χ2v) is 6.64. The zero-order valence-corrected chi connectivity index (χ0v) is 14.9. The molecule has 7 nitrogen and oxygen atoms in total. The van der Waals surface area contributed by atoms with E-state index in [1.165, 1.54) is 0 Å². The van der Waals surface area contributed by atoms with Gasteiger partial charge in [-0.1, -0.05) is 6.07 Å². The molecule has 7 heteroatoms. The molecule has 1 saturated heterocycles. The van der Waals surface area contributed by atoms with Gasteiger partial charge in [-0.3, -0.25) is 4.90 Å². The molecule has 1 aromatic carbocycles. The number of carbonyl (C=O) groups is 1. The van der Waals surface area contributed by atoms with Crippen LogP contribution in [0.5, 0.6) is 11.5 Å². The maximum absolute atomic E-state index is 11.9. The molecular weight excluding hydrogens is 322 g/mol. The number of nitrogens with zero attached hydrogens (tertiary/aromatic N) is 1. The smallest absolute Gasteiger partial charge is 0.314 e. The lowest BCUT2D eigenvalue weighted by molar-refractivity contribution is -0.0672. The third kappa shape index (κ3) is 5.24. The third-order valence-corrected chi connectivity index (χ3v) is 4.35. The van der Waals surface area contributed by atoms with E-state index in [1.54, 1.807) is 0 Å². The zero-order valence-electron chi connectivity index (χ0n) is 14.9. The molecule has 0 bridgehead atoms. The summed E-state index contributed by atoms with van der Waals surface area (Å²) in [7, 11) is 0. The van der Waals surface area contributed by atoms with Gasteiger partial charge in [-0.2, -0.15) is 0 Å². The summed E-state index contributed by atoms with van der Waals surface area (Å²) in [5.74, 6) is 1.55. The molecule has 1 aromatic rings. The summed E-state index contributed by atoms with van der Waals surface area (Å²) in [6.07, 6.45) is 1.25. The van der Waals surface area contributed by atoms with Gasteiger partial charge in [-0.15, -0.1) is 0 Å². The number of morpholine rings is 1. The SMILES string of the molecule is CC1CN(CCNC(=O)NCCc2ccc3c(c2)OCO3)CC(C)O1. The highest BCUT2D eigenvalue weighted by Crippen LogP contribution is 2.32. The summed E-state index contributed by atoms with van der Waals surface area (Å²) in [6, 6.07) is 5.73. The molecule has 3 rings (SSSR count). The Labute approximate surface area is 148 Å². The Bertz CT molecular complexity index is 586. The predicted octanol–water partition coefficient (Wildman–Crippen LogP) is 1.37. The van der Waals surface area contributed by atoms with Gasteiger partial charge in [0, 0.05) is 32.7 Å². The molecule has 1 fully saturated rings. The van der Waals surface area contributed by atoms with Crippen molar-refractivity contribution in [2.24, 2.45) is 0 Å². The average molecular weight is 349 g/mol. The summed E-state index contributed by atoms with van der Waals surface area (Å²) in [6.45, 7) is 8.33. The van der Waals surface area contributed by atoms with Crippen molar-refractivity contribution in [1.82, 2.24) is 15.5 Å². The van der Waals surface area contributed by atoms with Crippen LogP contribution in [-0.4, -0.2) is 62.7 Å². The number of carbonyl (C=O) groups excluding carboxylic acids is 1. The minimum atomic E-state index is -0.130. The lowest BCUT2D eigenvalue weighted by Gasteiger charge is -2.35. The highest BCUT2D eigenvalue weighted by atomic mass is 16.7. The van der Waals surface area contributed by atoms with Crippen molar-refractivity contribution in [1.29, 1.82) is 0 Å². The van der Waals surface area contributed by atoms with Gasteiger partial charge >= 0.3 is 6.03 Å². The van der Waals surface area contributed by atoms with Gasteiger partial charge in [0.05, 0.1) is 12.2 Å². The van der Waals surface area contributed by atoms with Crippen LogP contribution in [0.25, 0.3) is 0 Å². The van der Waals surface area contributed by atoms with E-state index in [0.717, 1.165) is 43.1 Å². The highest BCUT2D eigenvalue weighted by molar-refractivity contribution is 5.73. The fourth-order valence-electron chi connectivity index (χ4n) is 3.27. The number of benzene rings is 1. The van der Waals surface area contributed by atoms with Crippen molar-refractivity contribution in [2.45, 2.75) is 32.5 Å². The molecule has 2 atom stereocenters. The van der Waals surface area contributed by atoms with Crippen LogP contribution in [0.2, 0.25) is 0 Å². The minimum Gasteiger partial charge on any atom is -0.454 e. The number of fused-ring (bicyclic) bond motifs is 1. The Hall–Kier alpha value is -1.99. The van der Waals surface area contributed by atoms with E-state index in [4.69, 9.17) is 14.2 Å². The van der Waals surface area contributed by atoms with Crippen LogP contribution in [0.4, 0.5) is 4.79 Å².